The SMILES string of the molecule is COC.O=[N+]([O-])O. The molecule has 0 aliphatic heterocycles. The van der Waals surface area contributed by atoms with E-state index in [0.717, 1.165) is 0 Å². The Balaban J connectivity index is 0. The largest absolute Gasteiger partial charge is 0.388 e. The van der Waals surface area contributed by atoms with Crippen molar-refractivity contribution in [2.24, 2.45) is 0 Å². The highest BCUT2D eigenvalue weighted by Crippen LogP contribution is 1.38. The fraction of sp³-hybridized carbons (Fsp3) is 1.00. The second-order valence-electron chi connectivity index (χ2n) is 0.646. The number of rotatable bonds is 0. The van der Waals surface area contributed by atoms with E-state index in [2.05, 4.69) is 4.74 Å². The standard InChI is InChI=1S/C2H6O.HNO3/c1-3-2;2-1(3)4/h1-2H3;(H,2,3,4). The molecule has 0 unspecified atom stereocenters. The first kappa shape index (κ1) is 9.48. The lowest BCUT2D eigenvalue weighted by atomic mass is 11.6. The number of nitrogens with zero attached hydrogens (tertiary/aromatic N) is 1. The third kappa shape index (κ3) is 73.0. The summed E-state index contributed by atoms with van der Waals surface area (Å²) in [6.07, 6.45) is 0. The van der Waals surface area contributed by atoms with Crippen molar-refractivity contribution in [2.45, 2.75) is 0 Å². The van der Waals surface area contributed by atoms with Crippen LogP contribution in [0.2, 0.25) is 0 Å². The third-order valence-electron chi connectivity index (χ3n) is 0. The van der Waals surface area contributed by atoms with Gasteiger partial charge < -0.3 is 9.94 Å². The third-order valence-corrected chi connectivity index (χ3v) is 0. The van der Waals surface area contributed by atoms with Gasteiger partial charge in [0.05, 0.1) is 0 Å². The topological polar surface area (TPSA) is 72.6 Å². The molecule has 7 heavy (non-hydrogen) atoms. The van der Waals surface area contributed by atoms with Crippen molar-refractivity contribution in [1.29, 1.82) is 0 Å². The zero-order valence-corrected chi connectivity index (χ0v) is 4.12. The highest BCUT2D eigenvalue weighted by Gasteiger charge is 1.65. The summed E-state index contributed by atoms with van der Waals surface area (Å²) in [6.45, 7) is 0. The molecule has 0 aliphatic rings. The van der Waals surface area contributed by atoms with Crippen molar-refractivity contribution in [3.05, 3.63) is 10.1 Å². The van der Waals surface area contributed by atoms with Crippen LogP contribution in [-0.4, -0.2) is 24.5 Å². The molecule has 0 atom stereocenters. The summed E-state index contributed by atoms with van der Waals surface area (Å²) in [7, 11) is 3.25. The molecular formula is C2H7NO4. The molecule has 1 N–H and O–H groups in total. The number of hydrogen-bond acceptors (Lipinski definition) is 3. The Morgan fingerprint density at radius 1 is 1.71 bits per heavy atom. The van der Waals surface area contributed by atoms with Crippen LogP contribution >= 0.6 is 0 Å². The lowest BCUT2D eigenvalue weighted by molar-refractivity contribution is -0.742. The molecule has 0 saturated heterocycles. The van der Waals surface area contributed by atoms with Gasteiger partial charge in [0.1, 0.15) is 0 Å². The first-order valence-corrected chi connectivity index (χ1v) is 1.38. The van der Waals surface area contributed by atoms with Crippen molar-refractivity contribution in [1.82, 2.24) is 0 Å². The highest BCUT2D eigenvalue weighted by atomic mass is 16.9. The maximum atomic E-state index is 8.36. The van der Waals surface area contributed by atoms with Gasteiger partial charge >= 0.3 is 0 Å². The monoisotopic (exact) mass is 109 g/mol. The van der Waals surface area contributed by atoms with E-state index in [1.807, 2.05) is 0 Å². The first-order valence-electron chi connectivity index (χ1n) is 1.38. The zero-order chi connectivity index (χ0) is 6.28. The lowest BCUT2D eigenvalue weighted by Gasteiger charge is -1.61. The maximum Gasteiger partial charge on any atom is 0.291 e. The average Bonchev–Trinajstić information content (AvgIpc) is 1.33. The Bertz CT molecular complexity index is 41.0. The van der Waals surface area contributed by atoms with Gasteiger partial charge in [0, 0.05) is 14.2 Å². The van der Waals surface area contributed by atoms with E-state index >= 15 is 0 Å². The molecule has 5 heteroatoms. The summed E-state index contributed by atoms with van der Waals surface area (Å²) in [5, 5.41) is 13.6. The molecule has 0 aromatic carbocycles. The van der Waals surface area contributed by atoms with Crippen molar-refractivity contribution < 1.29 is 15.0 Å². The molecular weight excluding hydrogens is 102 g/mol. The minimum atomic E-state index is -1.50. The highest BCUT2D eigenvalue weighted by molar-refractivity contribution is 3.83. The van der Waals surface area contributed by atoms with Crippen molar-refractivity contribution in [2.75, 3.05) is 14.2 Å². The molecule has 0 rings (SSSR count). The van der Waals surface area contributed by atoms with Crippen molar-refractivity contribution in [3.8, 4) is 0 Å². The summed E-state index contributed by atoms with van der Waals surface area (Å²) in [5.41, 5.74) is 0. The van der Waals surface area contributed by atoms with Crippen LogP contribution in [-0.2, 0) is 4.74 Å². The van der Waals surface area contributed by atoms with Gasteiger partial charge in [0.25, 0.3) is 5.09 Å². The van der Waals surface area contributed by atoms with E-state index in [1.54, 1.807) is 14.2 Å². The van der Waals surface area contributed by atoms with E-state index in [0.29, 0.717) is 0 Å². The molecule has 0 aliphatic carbocycles. The fourth-order valence-corrected chi connectivity index (χ4v) is 0. The number of hydrogen-bond donors (Lipinski definition) is 1. The zero-order valence-electron chi connectivity index (χ0n) is 4.12. The van der Waals surface area contributed by atoms with Gasteiger partial charge in [-0.3, -0.25) is 0 Å². The van der Waals surface area contributed by atoms with Gasteiger partial charge in [-0.15, -0.1) is 10.1 Å². The maximum absolute atomic E-state index is 8.36. The van der Waals surface area contributed by atoms with Crippen LogP contribution in [0.25, 0.3) is 0 Å². The lowest BCUT2D eigenvalue weighted by Crippen LogP contribution is -1.81. The fourth-order valence-electron chi connectivity index (χ4n) is 0. The second kappa shape index (κ2) is 8.94. The molecule has 0 spiro atoms. The molecule has 0 aromatic heterocycles. The van der Waals surface area contributed by atoms with E-state index in [4.69, 9.17) is 15.3 Å². The Morgan fingerprint density at radius 3 is 1.71 bits per heavy atom. The molecule has 0 radical (unpaired) electrons. The minimum absolute atomic E-state index is 1.50. The molecule has 5 nitrogen and oxygen atoms in total. The van der Waals surface area contributed by atoms with Gasteiger partial charge in [-0.05, 0) is 0 Å². The predicted octanol–water partition coefficient (Wildman–Crippen LogP) is -0.0851. The van der Waals surface area contributed by atoms with E-state index < -0.39 is 5.09 Å². The first-order chi connectivity index (χ1) is 3.15. The van der Waals surface area contributed by atoms with Crippen molar-refractivity contribution in [3.63, 3.8) is 0 Å². The van der Waals surface area contributed by atoms with Gasteiger partial charge in [-0.25, -0.2) is 0 Å². The van der Waals surface area contributed by atoms with E-state index in [-0.39, 0.29) is 0 Å². The van der Waals surface area contributed by atoms with Gasteiger partial charge in [-0.1, -0.05) is 0 Å². The molecule has 0 amide bonds. The molecule has 0 heterocycles. The van der Waals surface area contributed by atoms with Gasteiger partial charge in [0.2, 0.25) is 0 Å². The predicted molar refractivity (Wildman–Crippen MR) is 21.7 cm³/mol. The average molecular weight is 109 g/mol. The summed E-state index contributed by atoms with van der Waals surface area (Å²) in [6, 6.07) is 0. The van der Waals surface area contributed by atoms with Crippen LogP contribution in [0.3, 0.4) is 0 Å². The van der Waals surface area contributed by atoms with E-state index in [1.165, 1.54) is 0 Å². The smallest absolute Gasteiger partial charge is 0.291 e. The quantitative estimate of drug-likeness (QED) is 0.348. The Hall–Kier alpha value is -0.840. The summed E-state index contributed by atoms with van der Waals surface area (Å²) >= 11 is 0. The second-order valence-corrected chi connectivity index (χ2v) is 0.646. The summed E-state index contributed by atoms with van der Waals surface area (Å²) in [5.74, 6) is 0. The van der Waals surface area contributed by atoms with E-state index in [9.17, 15) is 0 Å². The van der Waals surface area contributed by atoms with Crippen LogP contribution in [0, 0.1) is 10.1 Å². The summed E-state index contributed by atoms with van der Waals surface area (Å²) < 4.78 is 4.25. The normalized spacial score (nSPS) is 6.00. The van der Waals surface area contributed by atoms with Gasteiger partial charge in [0.15, 0.2) is 0 Å². The number of ether oxygens (including phenoxy) is 1. The van der Waals surface area contributed by atoms with Crippen LogP contribution < -0.4 is 0 Å². The minimum Gasteiger partial charge on any atom is -0.388 e. The molecule has 0 aromatic rings. The van der Waals surface area contributed by atoms with Crippen LogP contribution in [0.4, 0.5) is 0 Å². The number of methoxy groups -OCH3 is 1. The molecule has 0 bridgehead atoms. The Kier molecular flexibility index (Phi) is 12.1. The van der Waals surface area contributed by atoms with Gasteiger partial charge in [-0.2, -0.15) is 0 Å². The summed E-state index contributed by atoms with van der Waals surface area (Å²) in [4.78, 5) is 8.36. The molecule has 0 fully saturated rings. The Morgan fingerprint density at radius 2 is 1.71 bits per heavy atom. The van der Waals surface area contributed by atoms with Crippen molar-refractivity contribution >= 4 is 0 Å². The molecule has 0 saturated carbocycles. The van der Waals surface area contributed by atoms with Crippen LogP contribution in [0.5, 0.6) is 0 Å². The van der Waals surface area contributed by atoms with Crippen LogP contribution in [0.1, 0.15) is 0 Å². The van der Waals surface area contributed by atoms with Crippen LogP contribution in [0.15, 0.2) is 0 Å². The molecule has 44 valence electrons. The Labute approximate surface area is 40.6 Å².